The molecule has 0 radical (unpaired) electrons. The van der Waals surface area contributed by atoms with Crippen molar-refractivity contribution in [3.05, 3.63) is 18.6 Å². The molecule has 0 spiro atoms. The normalized spacial score (nSPS) is 11.6. The molecule has 0 saturated carbocycles. The number of nitrogens with zero attached hydrogens (tertiary/aromatic N) is 3. The van der Waals surface area contributed by atoms with Crippen LogP contribution in [0.15, 0.2) is 23.5 Å². The molecule has 0 aliphatic heterocycles. The van der Waals surface area contributed by atoms with Gasteiger partial charge in [0.1, 0.15) is 4.90 Å². The first kappa shape index (κ1) is 10.5. The van der Waals surface area contributed by atoms with Crippen molar-refractivity contribution in [2.75, 3.05) is 10.5 Å². The Hall–Kier alpha value is -2.03. The minimum atomic E-state index is -3.67. The second-order valence-electron chi connectivity index (χ2n) is 3.11. The highest BCUT2D eigenvalue weighted by molar-refractivity contribution is 7.92. The van der Waals surface area contributed by atoms with E-state index >= 15 is 0 Å². The van der Waals surface area contributed by atoms with E-state index in [1.54, 1.807) is 7.05 Å². The zero-order valence-corrected chi connectivity index (χ0v) is 9.19. The van der Waals surface area contributed by atoms with Crippen molar-refractivity contribution in [1.29, 1.82) is 0 Å². The van der Waals surface area contributed by atoms with Crippen LogP contribution in [0.2, 0.25) is 0 Å². The number of aromatic nitrogens is 4. The second kappa shape index (κ2) is 3.52. The first-order valence-electron chi connectivity index (χ1n) is 4.30. The molecule has 2 rings (SSSR count). The molecule has 0 amide bonds. The topological polar surface area (TPSA) is 119 Å². The monoisotopic (exact) mass is 242 g/mol. The van der Waals surface area contributed by atoms with Gasteiger partial charge in [-0.1, -0.05) is 0 Å². The molecule has 0 fully saturated rings. The molecule has 86 valence electrons. The highest BCUT2D eigenvalue weighted by Gasteiger charge is 2.18. The number of sulfonamides is 1. The summed E-state index contributed by atoms with van der Waals surface area (Å²) >= 11 is 0. The van der Waals surface area contributed by atoms with E-state index < -0.39 is 10.0 Å². The number of H-pyrrole nitrogens is 1. The van der Waals surface area contributed by atoms with Crippen LogP contribution in [0.3, 0.4) is 0 Å². The Balaban J connectivity index is 2.36. The SMILES string of the molecule is Cn1ncc(N)c1NS(=O)(=O)c1cn[nH]c1. The minimum Gasteiger partial charge on any atom is -0.394 e. The molecular weight excluding hydrogens is 232 g/mol. The number of hydrogen-bond donors (Lipinski definition) is 3. The van der Waals surface area contributed by atoms with Crippen molar-refractivity contribution in [2.45, 2.75) is 4.90 Å². The lowest BCUT2D eigenvalue weighted by atomic mass is 10.5. The summed E-state index contributed by atoms with van der Waals surface area (Å²) in [5, 5.41) is 9.81. The van der Waals surface area contributed by atoms with Crippen LogP contribution in [0.1, 0.15) is 0 Å². The zero-order valence-electron chi connectivity index (χ0n) is 8.38. The van der Waals surface area contributed by atoms with E-state index in [0.29, 0.717) is 0 Å². The summed E-state index contributed by atoms with van der Waals surface area (Å²) in [6.45, 7) is 0. The molecule has 0 aliphatic rings. The third-order valence-electron chi connectivity index (χ3n) is 1.98. The van der Waals surface area contributed by atoms with Crippen molar-refractivity contribution in [3.8, 4) is 0 Å². The van der Waals surface area contributed by atoms with Crippen molar-refractivity contribution in [3.63, 3.8) is 0 Å². The van der Waals surface area contributed by atoms with Crippen molar-refractivity contribution >= 4 is 21.5 Å². The minimum absolute atomic E-state index is 0.0353. The standard InChI is InChI=1S/C7H10N6O2S/c1-13-7(6(8)4-11-13)12-16(14,15)5-2-9-10-3-5/h2-4,12H,8H2,1H3,(H,9,10). The van der Waals surface area contributed by atoms with Gasteiger partial charge in [-0.3, -0.25) is 14.5 Å². The molecule has 0 unspecified atom stereocenters. The number of hydrogen-bond acceptors (Lipinski definition) is 5. The van der Waals surface area contributed by atoms with Gasteiger partial charge >= 0.3 is 0 Å². The van der Waals surface area contributed by atoms with Crippen LogP contribution >= 0.6 is 0 Å². The van der Waals surface area contributed by atoms with Crippen LogP contribution in [0.5, 0.6) is 0 Å². The molecule has 4 N–H and O–H groups in total. The molecule has 2 aromatic rings. The van der Waals surface area contributed by atoms with Gasteiger partial charge in [-0.2, -0.15) is 10.2 Å². The summed E-state index contributed by atoms with van der Waals surface area (Å²) < 4.78 is 27.3. The van der Waals surface area contributed by atoms with Crippen molar-refractivity contribution in [2.24, 2.45) is 7.05 Å². The summed E-state index contributed by atoms with van der Waals surface area (Å²) in [6.07, 6.45) is 3.84. The predicted octanol–water partition coefficient (Wildman–Crippen LogP) is -0.474. The zero-order chi connectivity index (χ0) is 11.8. The average Bonchev–Trinajstić information content (AvgIpc) is 2.83. The summed E-state index contributed by atoms with van der Waals surface area (Å²) in [5.41, 5.74) is 5.83. The smallest absolute Gasteiger partial charge is 0.266 e. The summed E-state index contributed by atoms with van der Waals surface area (Å²) in [4.78, 5) is 0.0353. The largest absolute Gasteiger partial charge is 0.394 e. The lowest BCUT2D eigenvalue weighted by Gasteiger charge is -2.06. The van der Waals surface area contributed by atoms with Gasteiger partial charge in [-0.25, -0.2) is 8.42 Å². The molecule has 0 saturated heterocycles. The van der Waals surface area contributed by atoms with Crippen LogP contribution in [0, 0.1) is 0 Å². The third-order valence-corrected chi connectivity index (χ3v) is 3.29. The fourth-order valence-electron chi connectivity index (χ4n) is 1.15. The number of nitrogens with one attached hydrogen (secondary N) is 2. The second-order valence-corrected chi connectivity index (χ2v) is 4.79. The lowest BCUT2D eigenvalue weighted by Crippen LogP contribution is -2.15. The number of anilines is 2. The fourth-order valence-corrected chi connectivity index (χ4v) is 2.17. The average molecular weight is 242 g/mol. The maximum atomic E-state index is 11.8. The van der Waals surface area contributed by atoms with Crippen LogP contribution in [0.25, 0.3) is 0 Å². The van der Waals surface area contributed by atoms with E-state index in [2.05, 4.69) is 20.0 Å². The molecule has 0 atom stereocenters. The molecule has 0 bridgehead atoms. The maximum absolute atomic E-state index is 11.8. The Morgan fingerprint density at radius 3 is 2.75 bits per heavy atom. The van der Waals surface area contributed by atoms with Crippen LogP contribution in [-0.2, 0) is 17.1 Å². The van der Waals surface area contributed by atoms with E-state index in [4.69, 9.17) is 5.73 Å². The molecular formula is C7H10N6O2S. The van der Waals surface area contributed by atoms with Crippen LogP contribution in [0.4, 0.5) is 11.5 Å². The van der Waals surface area contributed by atoms with E-state index in [0.717, 1.165) is 0 Å². The maximum Gasteiger partial charge on any atom is 0.266 e. The van der Waals surface area contributed by atoms with Gasteiger partial charge < -0.3 is 5.73 Å². The van der Waals surface area contributed by atoms with Gasteiger partial charge in [0.15, 0.2) is 5.82 Å². The Morgan fingerprint density at radius 1 is 1.50 bits per heavy atom. The fraction of sp³-hybridized carbons (Fsp3) is 0.143. The first-order chi connectivity index (χ1) is 7.50. The highest BCUT2D eigenvalue weighted by atomic mass is 32.2. The van der Waals surface area contributed by atoms with Gasteiger partial charge in [0.2, 0.25) is 0 Å². The quantitative estimate of drug-likeness (QED) is 0.672. The summed E-state index contributed by atoms with van der Waals surface area (Å²) in [5.74, 6) is 0.223. The van der Waals surface area contributed by atoms with Gasteiger partial charge in [-0.15, -0.1) is 0 Å². The highest BCUT2D eigenvalue weighted by Crippen LogP contribution is 2.19. The van der Waals surface area contributed by atoms with Gasteiger partial charge in [0.05, 0.1) is 18.1 Å². The number of aryl methyl sites for hydroxylation is 1. The molecule has 9 heteroatoms. The molecule has 0 aromatic carbocycles. The molecule has 8 nitrogen and oxygen atoms in total. The van der Waals surface area contributed by atoms with E-state index in [-0.39, 0.29) is 16.4 Å². The van der Waals surface area contributed by atoms with Gasteiger partial charge in [0.25, 0.3) is 10.0 Å². The van der Waals surface area contributed by atoms with E-state index in [1.807, 2.05) is 0 Å². The lowest BCUT2D eigenvalue weighted by molar-refractivity contribution is 0.600. The Bertz CT molecular complexity index is 565. The third kappa shape index (κ3) is 1.72. The van der Waals surface area contributed by atoms with Crippen LogP contribution in [-0.4, -0.2) is 28.4 Å². The summed E-state index contributed by atoms with van der Waals surface area (Å²) in [6, 6.07) is 0. The molecule has 2 aromatic heterocycles. The molecule has 0 aliphatic carbocycles. The van der Waals surface area contributed by atoms with Crippen molar-refractivity contribution in [1.82, 2.24) is 20.0 Å². The summed E-state index contributed by atoms with van der Waals surface area (Å²) in [7, 11) is -2.08. The molecule has 16 heavy (non-hydrogen) atoms. The number of aromatic amines is 1. The number of rotatable bonds is 3. The molecule has 2 heterocycles. The Kier molecular flexibility index (Phi) is 2.31. The Labute approximate surface area is 91.5 Å². The van der Waals surface area contributed by atoms with Gasteiger partial charge in [-0.05, 0) is 0 Å². The Morgan fingerprint density at radius 2 is 2.25 bits per heavy atom. The number of nitrogens with two attached hydrogens (primary N) is 1. The van der Waals surface area contributed by atoms with E-state index in [9.17, 15) is 8.42 Å². The predicted molar refractivity (Wildman–Crippen MR) is 57.0 cm³/mol. The number of nitrogen functional groups attached to an aromatic ring is 1. The van der Waals surface area contributed by atoms with Crippen LogP contribution < -0.4 is 10.5 Å². The van der Waals surface area contributed by atoms with Crippen molar-refractivity contribution < 1.29 is 8.42 Å². The van der Waals surface area contributed by atoms with E-state index in [1.165, 1.54) is 23.3 Å². The van der Waals surface area contributed by atoms with Gasteiger partial charge in [0, 0.05) is 13.2 Å². The first-order valence-corrected chi connectivity index (χ1v) is 5.78.